The molecule has 1 rings (SSSR count). The van der Waals surface area contributed by atoms with Gasteiger partial charge in [-0.15, -0.1) is 0 Å². The van der Waals surface area contributed by atoms with E-state index >= 15 is 0 Å². The summed E-state index contributed by atoms with van der Waals surface area (Å²) in [7, 11) is 0. The largest absolute Gasteiger partial charge is 0.325 e. The van der Waals surface area contributed by atoms with Gasteiger partial charge in [-0.3, -0.25) is 10.4 Å². The molecule has 1 aromatic carbocycles. The van der Waals surface area contributed by atoms with Crippen LogP contribution in [0.5, 0.6) is 0 Å². The van der Waals surface area contributed by atoms with E-state index in [9.17, 15) is 0 Å². The summed E-state index contributed by atoms with van der Waals surface area (Å²) in [4.78, 5) is 4.28. The van der Waals surface area contributed by atoms with Gasteiger partial charge in [0.1, 0.15) is 0 Å². The summed E-state index contributed by atoms with van der Waals surface area (Å²) >= 11 is 11.8. The molecule has 0 heterocycles. The van der Waals surface area contributed by atoms with E-state index in [1.807, 2.05) is 0 Å². The quantitative estimate of drug-likeness (QED) is 0.344. The van der Waals surface area contributed by atoms with Crippen molar-refractivity contribution >= 4 is 34.8 Å². The van der Waals surface area contributed by atoms with Crippen LogP contribution >= 0.6 is 23.2 Å². The number of nitrogens with zero attached hydrogens (tertiary/aromatic N) is 1. The van der Waals surface area contributed by atoms with Gasteiger partial charge in [0, 0.05) is 22.3 Å². The van der Waals surface area contributed by atoms with E-state index in [2.05, 4.69) is 29.6 Å². The van der Waals surface area contributed by atoms with Crippen molar-refractivity contribution < 1.29 is 0 Å². The third-order valence-electron chi connectivity index (χ3n) is 1.88. The summed E-state index contributed by atoms with van der Waals surface area (Å²) in [5.74, 6) is 6.32. The molecule has 0 amide bonds. The fourth-order valence-electron chi connectivity index (χ4n) is 1.16. The normalized spacial score (nSPS) is 11.8. The Morgan fingerprint density at radius 3 is 2.35 bits per heavy atom. The highest BCUT2D eigenvalue weighted by Crippen LogP contribution is 2.22. The van der Waals surface area contributed by atoms with Crippen molar-refractivity contribution in [1.29, 1.82) is 0 Å². The molecule has 17 heavy (non-hydrogen) atoms. The second-order valence-corrected chi connectivity index (χ2v) is 4.88. The molecule has 0 aliphatic heterocycles. The first-order chi connectivity index (χ1) is 8.01. The third-order valence-corrected chi connectivity index (χ3v) is 2.31. The summed E-state index contributed by atoms with van der Waals surface area (Å²) in [5.41, 5.74) is 3.24. The monoisotopic (exact) mass is 274 g/mol. The molecule has 0 atom stereocenters. The van der Waals surface area contributed by atoms with Crippen molar-refractivity contribution in [2.45, 2.75) is 13.8 Å². The van der Waals surface area contributed by atoms with Gasteiger partial charge in [0.05, 0.1) is 0 Å². The molecule has 0 radical (unpaired) electrons. The molecule has 94 valence electrons. The van der Waals surface area contributed by atoms with Crippen LogP contribution in [-0.2, 0) is 0 Å². The predicted octanol–water partition coefficient (Wildman–Crippen LogP) is 2.88. The molecule has 0 aromatic heterocycles. The van der Waals surface area contributed by atoms with Crippen molar-refractivity contribution in [3.8, 4) is 0 Å². The molecule has 4 N–H and O–H groups in total. The molecular weight excluding hydrogens is 259 g/mol. The van der Waals surface area contributed by atoms with Crippen LogP contribution < -0.4 is 16.6 Å². The topological polar surface area (TPSA) is 62.4 Å². The van der Waals surface area contributed by atoms with Crippen LogP contribution in [0.1, 0.15) is 13.8 Å². The second-order valence-electron chi connectivity index (χ2n) is 4.01. The Kier molecular flexibility index (Phi) is 5.55. The van der Waals surface area contributed by atoms with Crippen LogP contribution in [0.15, 0.2) is 23.2 Å². The van der Waals surface area contributed by atoms with Crippen LogP contribution in [-0.4, -0.2) is 12.5 Å². The average molecular weight is 275 g/mol. The Bertz CT molecular complexity index is 384. The molecule has 0 aliphatic carbocycles. The van der Waals surface area contributed by atoms with Crippen molar-refractivity contribution in [3.05, 3.63) is 28.2 Å². The number of anilines is 1. The fourth-order valence-corrected chi connectivity index (χ4v) is 1.68. The minimum atomic E-state index is 0.461. The van der Waals surface area contributed by atoms with Gasteiger partial charge in [-0.25, -0.2) is 5.84 Å². The minimum Gasteiger partial charge on any atom is -0.325 e. The maximum atomic E-state index is 5.89. The molecule has 1 aromatic rings. The third kappa shape index (κ3) is 5.26. The number of nitrogens with one attached hydrogen (secondary N) is 2. The van der Waals surface area contributed by atoms with E-state index < -0.39 is 0 Å². The lowest BCUT2D eigenvalue weighted by Crippen LogP contribution is -2.36. The van der Waals surface area contributed by atoms with Crippen molar-refractivity contribution in [1.82, 2.24) is 5.43 Å². The number of aliphatic imine (C=N–C) groups is 1. The fraction of sp³-hybridized carbons (Fsp3) is 0.364. The van der Waals surface area contributed by atoms with Gasteiger partial charge >= 0.3 is 0 Å². The predicted molar refractivity (Wildman–Crippen MR) is 74.5 cm³/mol. The Balaban J connectivity index is 2.76. The van der Waals surface area contributed by atoms with Gasteiger partial charge in [-0.2, -0.15) is 0 Å². The van der Waals surface area contributed by atoms with Gasteiger partial charge < -0.3 is 5.32 Å². The van der Waals surface area contributed by atoms with Crippen molar-refractivity contribution in [2.75, 3.05) is 11.9 Å². The first-order valence-corrected chi connectivity index (χ1v) is 6.01. The van der Waals surface area contributed by atoms with E-state index in [1.54, 1.807) is 18.2 Å². The van der Waals surface area contributed by atoms with Crippen LogP contribution in [0.2, 0.25) is 10.0 Å². The highest BCUT2D eigenvalue weighted by Gasteiger charge is 2.01. The molecule has 0 bridgehead atoms. The Morgan fingerprint density at radius 2 is 1.88 bits per heavy atom. The molecule has 6 heteroatoms. The van der Waals surface area contributed by atoms with Gasteiger partial charge in [0.2, 0.25) is 5.96 Å². The summed E-state index contributed by atoms with van der Waals surface area (Å²) in [6.45, 7) is 4.84. The molecule has 0 unspecified atom stereocenters. The number of halogens is 2. The van der Waals surface area contributed by atoms with E-state index in [0.29, 0.717) is 28.5 Å². The zero-order valence-corrected chi connectivity index (χ0v) is 11.3. The maximum absolute atomic E-state index is 5.89. The second kappa shape index (κ2) is 6.69. The van der Waals surface area contributed by atoms with Gasteiger partial charge in [0.15, 0.2) is 0 Å². The van der Waals surface area contributed by atoms with Gasteiger partial charge in [0.25, 0.3) is 0 Å². The SMILES string of the molecule is CC(C)CN=C(NN)Nc1cc(Cl)cc(Cl)c1. The van der Waals surface area contributed by atoms with E-state index in [1.165, 1.54) is 0 Å². The standard InChI is InChI=1S/C11H16Cl2N4/c1-7(2)6-15-11(17-14)16-10-4-8(12)3-9(13)5-10/h3-5,7H,6,14H2,1-2H3,(H2,15,16,17). The summed E-state index contributed by atoms with van der Waals surface area (Å²) in [6, 6.07) is 5.15. The number of guanidine groups is 1. The summed E-state index contributed by atoms with van der Waals surface area (Å²) in [5, 5.41) is 4.12. The number of hydrogen-bond donors (Lipinski definition) is 3. The minimum absolute atomic E-state index is 0.461. The molecule has 4 nitrogen and oxygen atoms in total. The summed E-state index contributed by atoms with van der Waals surface area (Å²) < 4.78 is 0. The van der Waals surface area contributed by atoms with Crippen LogP contribution in [0.4, 0.5) is 5.69 Å². The highest BCUT2D eigenvalue weighted by atomic mass is 35.5. The van der Waals surface area contributed by atoms with Gasteiger partial charge in [-0.1, -0.05) is 37.0 Å². The number of benzene rings is 1. The van der Waals surface area contributed by atoms with Crippen LogP contribution in [0.3, 0.4) is 0 Å². The highest BCUT2D eigenvalue weighted by molar-refractivity contribution is 6.35. The smallest absolute Gasteiger partial charge is 0.210 e. The number of hydrogen-bond acceptors (Lipinski definition) is 2. The van der Waals surface area contributed by atoms with E-state index in [0.717, 1.165) is 5.69 Å². The number of nitrogens with two attached hydrogens (primary N) is 1. The van der Waals surface area contributed by atoms with Crippen molar-refractivity contribution in [3.63, 3.8) is 0 Å². The van der Waals surface area contributed by atoms with Crippen LogP contribution in [0, 0.1) is 5.92 Å². The van der Waals surface area contributed by atoms with E-state index in [-0.39, 0.29) is 0 Å². The Hall–Kier alpha value is -0.970. The molecule has 0 aliphatic rings. The zero-order valence-electron chi connectivity index (χ0n) is 9.80. The molecule has 0 fully saturated rings. The average Bonchev–Trinajstić information content (AvgIpc) is 2.22. The molecular formula is C11H16Cl2N4. The molecule has 0 spiro atoms. The molecule has 0 saturated carbocycles. The Labute approximate surface area is 111 Å². The summed E-state index contributed by atoms with van der Waals surface area (Å²) in [6.07, 6.45) is 0. The lowest BCUT2D eigenvalue weighted by atomic mass is 10.2. The first kappa shape index (κ1) is 14.1. The number of hydrazine groups is 1. The van der Waals surface area contributed by atoms with Crippen LogP contribution in [0.25, 0.3) is 0 Å². The number of rotatable bonds is 3. The van der Waals surface area contributed by atoms with Crippen molar-refractivity contribution in [2.24, 2.45) is 16.8 Å². The van der Waals surface area contributed by atoms with Gasteiger partial charge in [-0.05, 0) is 24.1 Å². The Morgan fingerprint density at radius 1 is 1.29 bits per heavy atom. The first-order valence-electron chi connectivity index (χ1n) is 5.25. The molecule has 0 saturated heterocycles. The lowest BCUT2D eigenvalue weighted by Gasteiger charge is -2.10. The maximum Gasteiger partial charge on any atom is 0.210 e. The van der Waals surface area contributed by atoms with E-state index in [4.69, 9.17) is 29.0 Å². The lowest BCUT2D eigenvalue weighted by molar-refractivity contribution is 0.663. The zero-order chi connectivity index (χ0) is 12.8.